The largest absolute Gasteiger partial charge is 0.216 e. The third-order valence-electron chi connectivity index (χ3n) is 7.42. The number of hydrogen-bond acceptors (Lipinski definition) is 0. The van der Waals surface area contributed by atoms with E-state index in [1.54, 1.807) is 0 Å². The molecule has 2 aliphatic carbocycles. The van der Waals surface area contributed by atoms with Crippen molar-refractivity contribution in [3.05, 3.63) is 99.2 Å². The van der Waals surface area contributed by atoms with Crippen molar-refractivity contribution in [1.82, 2.24) is 0 Å². The first-order valence-electron chi connectivity index (χ1n) is 11.3. The van der Waals surface area contributed by atoms with Crippen LogP contribution in [0.1, 0.15) is 44.5 Å². The standard InChI is InChI=1S/C30H28N/c1-17-6-7-21-13-22-14-27-23(15-28(22)26(21)11-17)16-29-24(27)8-9-31(5)30(29)25-12-18(2)10-19(3)20(25)4/h6-12,14-15H,13,16H2,1-5H3/q+1. The molecule has 0 saturated heterocycles. The summed E-state index contributed by atoms with van der Waals surface area (Å²) in [4.78, 5) is 0. The summed E-state index contributed by atoms with van der Waals surface area (Å²) in [6.45, 7) is 8.89. The Morgan fingerprint density at radius 2 is 1.29 bits per heavy atom. The van der Waals surface area contributed by atoms with Crippen LogP contribution in [0.4, 0.5) is 0 Å². The Morgan fingerprint density at radius 1 is 0.613 bits per heavy atom. The zero-order valence-corrected chi connectivity index (χ0v) is 19.1. The van der Waals surface area contributed by atoms with E-state index in [0.29, 0.717) is 0 Å². The predicted molar refractivity (Wildman–Crippen MR) is 128 cm³/mol. The molecule has 0 saturated carbocycles. The van der Waals surface area contributed by atoms with Gasteiger partial charge in [0, 0.05) is 23.6 Å². The number of nitrogens with zero attached hydrogens (tertiary/aromatic N) is 1. The summed E-state index contributed by atoms with van der Waals surface area (Å²) in [5.74, 6) is 0. The smallest absolute Gasteiger partial charge is 0.201 e. The van der Waals surface area contributed by atoms with E-state index in [4.69, 9.17) is 0 Å². The molecule has 1 heterocycles. The number of rotatable bonds is 1. The molecule has 3 aromatic carbocycles. The minimum absolute atomic E-state index is 1.01. The van der Waals surface area contributed by atoms with Crippen molar-refractivity contribution in [2.45, 2.75) is 40.5 Å². The van der Waals surface area contributed by atoms with Crippen LogP contribution >= 0.6 is 0 Å². The molecule has 0 N–H and O–H groups in total. The van der Waals surface area contributed by atoms with Crippen molar-refractivity contribution in [2.24, 2.45) is 7.05 Å². The van der Waals surface area contributed by atoms with Crippen LogP contribution in [0.25, 0.3) is 33.5 Å². The number of pyridine rings is 1. The third kappa shape index (κ3) is 2.66. The summed E-state index contributed by atoms with van der Waals surface area (Å²) in [5, 5.41) is 0. The average molecular weight is 403 g/mol. The van der Waals surface area contributed by atoms with Gasteiger partial charge >= 0.3 is 0 Å². The van der Waals surface area contributed by atoms with E-state index in [-0.39, 0.29) is 0 Å². The summed E-state index contributed by atoms with van der Waals surface area (Å²) >= 11 is 0. The highest BCUT2D eigenvalue weighted by Gasteiger charge is 2.31. The Kier molecular flexibility index (Phi) is 3.84. The van der Waals surface area contributed by atoms with Crippen molar-refractivity contribution in [2.75, 3.05) is 0 Å². The molecule has 152 valence electrons. The molecule has 1 nitrogen and oxygen atoms in total. The summed E-state index contributed by atoms with van der Waals surface area (Å²) in [6, 6.07) is 18.8. The van der Waals surface area contributed by atoms with E-state index < -0.39 is 0 Å². The number of benzene rings is 3. The quantitative estimate of drug-likeness (QED) is 0.274. The van der Waals surface area contributed by atoms with Crippen LogP contribution in [0.5, 0.6) is 0 Å². The van der Waals surface area contributed by atoms with Crippen molar-refractivity contribution in [1.29, 1.82) is 0 Å². The molecular formula is C30H28N+. The predicted octanol–water partition coefficient (Wildman–Crippen LogP) is 6.55. The molecule has 2 aliphatic rings. The SMILES string of the molecule is Cc1ccc2c(c1)-c1cc3c(cc1C2)-c1cc[n+](C)c(-c2cc(C)cc(C)c2C)c1C3. The summed E-state index contributed by atoms with van der Waals surface area (Å²) in [5.41, 5.74) is 19.8. The molecule has 0 bridgehead atoms. The van der Waals surface area contributed by atoms with Gasteiger partial charge in [0.05, 0.1) is 0 Å². The highest BCUT2D eigenvalue weighted by Crippen LogP contribution is 2.46. The topological polar surface area (TPSA) is 3.88 Å². The van der Waals surface area contributed by atoms with Crippen molar-refractivity contribution in [3.63, 3.8) is 0 Å². The molecule has 0 radical (unpaired) electrons. The minimum atomic E-state index is 1.01. The van der Waals surface area contributed by atoms with Crippen LogP contribution in [-0.4, -0.2) is 0 Å². The second-order valence-electron chi connectivity index (χ2n) is 9.60. The molecule has 0 fully saturated rings. The maximum atomic E-state index is 2.48. The second-order valence-corrected chi connectivity index (χ2v) is 9.60. The van der Waals surface area contributed by atoms with Crippen LogP contribution in [0.15, 0.2) is 54.7 Å². The summed E-state index contributed by atoms with van der Waals surface area (Å²) in [7, 11) is 2.19. The highest BCUT2D eigenvalue weighted by atomic mass is 14.9. The van der Waals surface area contributed by atoms with E-state index in [9.17, 15) is 0 Å². The van der Waals surface area contributed by atoms with Crippen molar-refractivity contribution in [3.8, 4) is 33.5 Å². The average Bonchev–Trinajstić information content (AvgIpc) is 3.26. The van der Waals surface area contributed by atoms with Gasteiger partial charge in [0.25, 0.3) is 0 Å². The van der Waals surface area contributed by atoms with Crippen molar-refractivity contribution < 1.29 is 4.57 Å². The van der Waals surface area contributed by atoms with Crippen LogP contribution in [-0.2, 0) is 19.9 Å². The van der Waals surface area contributed by atoms with E-state index in [1.807, 2.05) is 0 Å². The molecule has 1 aromatic heterocycles. The zero-order chi connectivity index (χ0) is 21.4. The Morgan fingerprint density at radius 3 is 2.10 bits per heavy atom. The highest BCUT2D eigenvalue weighted by molar-refractivity contribution is 5.88. The number of fused-ring (bicyclic) bond motifs is 6. The molecule has 0 spiro atoms. The lowest BCUT2D eigenvalue weighted by molar-refractivity contribution is -0.660. The zero-order valence-electron chi connectivity index (χ0n) is 19.1. The van der Waals surface area contributed by atoms with Crippen LogP contribution in [0.3, 0.4) is 0 Å². The molecule has 1 heteroatoms. The first-order valence-corrected chi connectivity index (χ1v) is 11.3. The monoisotopic (exact) mass is 402 g/mol. The van der Waals surface area contributed by atoms with E-state index >= 15 is 0 Å². The Balaban J connectivity index is 1.55. The number of hydrogen-bond donors (Lipinski definition) is 0. The fourth-order valence-electron chi connectivity index (χ4n) is 5.75. The van der Waals surface area contributed by atoms with Gasteiger partial charge in [-0.05, 0) is 102 Å². The van der Waals surface area contributed by atoms with Gasteiger partial charge in [-0.25, -0.2) is 4.57 Å². The fraction of sp³-hybridized carbons (Fsp3) is 0.233. The van der Waals surface area contributed by atoms with Gasteiger partial charge in [-0.1, -0.05) is 35.4 Å². The van der Waals surface area contributed by atoms with Gasteiger partial charge in [-0.3, -0.25) is 0 Å². The molecule has 0 amide bonds. The second kappa shape index (κ2) is 6.40. The van der Waals surface area contributed by atoms with Gasteiger partial charge < -0.3 is 0 Å². The van der Waals surface area contributed by atoms with Crippen LogP contribution in [0, 0.1) is 27.7 Å². The maximum absolute atomic E-state index is 2.48. The lowest BCUT2D eigenvalue weighted by Crippen LogP contribution is -2.32. The van der Waals surface area contributed by atoms with Gasteiger partial charge in [-0.2, -0.15) is 0 Å². The van der Waals surface area contributed by atoms with Gasteiger partial charge in [0.1, 0.15) is 7.05 Å². The normalized spacial score (nSPS) is 13.1. The van der Waals surface area contributed by atoms with E-state index in [1.165, 1.54) is 78.0 Å². The van der Waals surface area contributed by atoms with Gasteiger partial charge in [0.2, 0.25) is 5.69 Å². The Labute approximate surface area is 185 Å². The molecule has 0 unspecified atom stereocenters. The first-order chi connectivity index (χ1) is 14.9. The van der Waals surface area contributed by atoms with E-state index in [2.05, 4.69) is 94.0 Å². The minimum Gasteiger partial charge on any atom is -0.201 e. The molecule has 6 rings (SSSR count). The van der Waals surface area contributed by atoms with Crippen molar-refractivity contribution >= 4 is 0 Å². The molecule has 0 aliphatic heterocycles. The molecular weight excluding hydrogens is 374 g/mol. The summed E-state index contributed by atoms with van der Waals surface area (Å²) < 4.78 is 2.32. The lowest BCUT2D eigenvalue weighted by atomic mass is 9.93. The Bertz CT molecular complexity index is 1420. The van der Waals surface area contributed by atoms with Gasteiger partial charge in [-0.15, -0.1) is 0 Å². The van der Waals surface area contributed by atoms with Crippen LogP contribution < -0.4 is 4.57 Å². The maximum Gasteiger partial charge on any atom is 0.216 e. The fourth-order valence-corrected chi connectivity index (χ4v) is 5.75. The number of aromatic nitrogens is 1. The molecule has 0 atom stereocenters. The van der Waals surface area contributed by atoms with E-state index in [0.717, 1.165) is 12.8 Å². The molecule has 31 heavy (non-hydrogen) atoms. The first kappa shape index (κ1) is 18.6. The van der Waals surface area contributed by atoms with Crippen LogP contribution in [0.2, 0.25) is 0 Å². The summed E-state index contributed by atoms with van der Waals surface area (Å²) in [6.07, 6.45) is 4.30. The number of aryl methyl sites for hydroxylation is 4. The van der Waals surface area contributed by atoms with Gasteiger partial charge in [0.15, 0.2) is 6.20 Å². The lowest BCUT2D eigenvalue weighted by Gasteiger charge is -2.12. The third-order valence-corrected chi connectivity index (χ3v) is 7.42. The molecule has 4 aromatic rings. The Hall–Kier alpha value is -3.19.